The molecular formula is C16H13N3O2S2. The number of benzene rings is 1. The zero-order valence-corrected chi connectivity index (χ0v) is 13.9. The lowest BCUT2D eigenvalue weighted by Gasteiger charge is -2.01. The molecule has 0 fully saturated rings. The molecule has 1 aromatic carbocycles. The molecule has 0 aliphatic heterocycles. The number of hydrogen-bond donors (Lipinski definition) is 1. The first-order valence-electron chi connectivity index (χ1n) is 6.91. The Balaban J connectivity index is 1.65. The van der Waals surface area contributed by atoms with Crippen molar-refractivity contribution in [3.8, 4) is 0 Å². The SMILES string of the molecule is Cc1nnsc1C(=O)NCc1ccc(C(=O)c2ccccc2)s1. The summed E-state index contributed by atoms with van der Waals surface area (Å²) in [7, 11) is 0. The molecule has 0 saturated heterocycles. The summed E-state index contributed by atoms with van der Waals surface area (Å²) < 4.78 is 3.75. The van der Waals surface area contributed by atoms with Gasteiger partial charge in [-0.15, -0.1) is 16.4 Å². The Kier molecular flexibility index (Phi) is 4.59. The number of aromatic nitrogens is 2. The van der Waals surface area contributed by atoms with Gasteiger partial charge >= 0.3 is 0 Å². The predicted octanol–water partition coefficient (Wildman–Crippen LogP) is 3.07. The van der Waals surface area contributed by atoms with Crippen molar-refractivity contribution in [3.63, 3.8) is 0 Å². The molecule has 0 bridgehead atoms. The lowest BCUT2D eigenvalue weighted by molar-refractivity contribution is 0.0954. The van der Waals surface area contributed by atoms with Crippen LogP contribution in [0.1, 0.15) is 35.5 Å². The molecule has 0 aliphatic carbocycles. The first-order chi connectivity index (χ1) is 11.1. The van der Waals surface area contributed by atoms with Gasteiger partial charge in [0.1, 0.15) is 4.88 Å². The van der Waals surface area contributed by atoms with Crippen LogP contribution in [0.3, 0.4) is 0 Å². The lowest BCUT2D eigenvalue weighted by atomic mass is 10.1. The third-order valence-electron chi connectivity index (χ3n) is 3.20. The molecule has 0 unspecified atom stereocenters. The lowest BCUT2D eigenvalue weighted by Crippen LogP contribution is -2.22. The van der Waals surface area contributed by atoms with Crippen LogP contribution in [0.4, 0.5) is 0 Å². The molecule has 5 nitrogen and oxygen atoms in total. The Morgan fingerprint density at radius 2 is 1.91 bits per heavy atom. The van der Waals surface area contributed by atoms with Crippen LogP contribution >= 0.6 is 22.9 Å². The number of aryl methyl sites for hydroxylation is 1. The zero-order chi connectivity index (χ0) is 16.2. The second-order valence-corrected chi connectivity index (χ2v) is 6.75. The monoisotopic (exact) mass is 343 g/mol. The van der Waals surface area contributed by atoms with E-state index < -0.39 is 0 Å². The minimum Gasteiger partial charge on any atom is -0.346 e. The van der Waals surface area contributed by atoms with Gasteiger partial charge in [-0.05, 0) is 30.6 Å². The Morgan fingerprint density at radius 3 is 2.61 bits per heavy atom. The van der Waals surface area contributed by atoms with Crippen molar-refractivity contribution >= 4 is 34.6 Å². The van der Waals surface area contributed by atoms with E-state index in [1.807, 2.05) is 24.3 Å². The number of thiophene rings is 1. The Hall–Kier alpha value is -2.38. The summed E-state index contributed by atoms with van der Waals surface area (Å²) in [5.41, 5.74) is 1.29. The minimum absolute atomic E-state index is 0.00400. The van der Waals surface area contributed by atoms with Gasteiger partial charge < -0.3 is 5.32 Å². The van der Waals surface area contributed by atoms with E-state index in [0.29, 0.717) is 27.6 Å². The molecule has 1 amide bonds. The summed E-state index contributed by atoms with van der Waals surface area (Å²) in [6.45, 7) is 2.13. The van der Waals surface area contributed by atoms with Crippen molar-refractivity contribution in [2.75, 3.05) is 0 Å². The fourth-order valence-corrected chi connectivity index (χ4v) is 3.50. The highest BCUT2D eigenvalue weighted by molar-refractivity contribution is 7.14. The number of ketones is 1. The molecule has 2 heterocycles. The molecule has 3 rings (SSSR count). The van der Waals surface area contributed by atoms with Crippen LogP contribution in [0.25, 0.3) is 0 Å². The number of nitrogens with zero attached hydrogens (tertiary/aromatic N) is 2. The second kappa shape index (κ2) is 6.80. The van der Waals surface area contributed by atoms with E-state index in [1.54, 1.807) is 25.1 Å². The molecule has 0 saturated carbocycles. The van der Waals surface area contributed by atoms with Crippen molar-refractivity contribution < 1.29 is 9.59 Å². The normalized spacial score (nSPS) is 10.5. The van der Waals surface area contributed by atoms with E-state index in [0.717, 1.165) is 16.4 Å². The van der Waals surface area contributed by atoms with Gasteiger partial charge in [0.2, 0.25) is 5.78 Å². The Morgan fingerprint density at radius 1 is 1.13 bits per heavy atom. The van der Waals surface area contributed by atoms with Gasteiger partial charge in [-0.1, -0.05) is 34.8 Å². The average Bonchev–Trinajstić information content (AvgIpc) is 3.22. The van der Waals surface area contributed by atoms with Crippen molar-refractivity contribution in [1.29, 1.82) is 0 Å². The van der Waals surface area contributed by atoms with E-state index in [9.17, 15) is 9.59 Å². The van der Waals surface area contributed by atoms with Crippen LogP contribution in [0, 0.1) is 6.92 Å². The van der Waals surface area contributed by atoms with Gasteiger partial charge in [0.25, 0.3) is 5.91 Å². The highest BCUT2D eigenvalue weighted by Gasteiger charge is 2.14. The second-order valence-electron chi connectivity index (χ2n) is 4.83. The van der Waals surface area contributed by atoms with E-state index in [-0.39, 0.29) is 11.7 Å². The van der Waals surface area contributed by atoms with E-state index >= 15 is 0 Å². The highest BCUT2D eigenvalue weighted by Crippen LogP contribution is 2.20. The smallest absolute Gasteiger partial charge is 0.265 e. The predicted molar refractivity (Wildman–Crippen MR) is 90.0 cm³/mol. The molecule has 116 valence electrons. The van der Waals surface area contributed by atoms with Gasteiger partial charge in [0.05, 0.1) is 17.1 Å². The van der Waals surface area contributed by atoms with E-state index in [2.05, 4.69) is 14.9 Å². The number of nitrogens with one attached hydrogen (secondary N) is 1. The Bertz CT molecular complexity index is 840. The number of amides is 1. The minimum atomic E-state index is -0.193. The molecule has 0 atom stereocenters. The quantitative estimate of drug-likeness (QED) is 0.723. The largest absolute Gasteiger partial charge is 0.346 e. The molecule has 0 radical (unpaired) electrons. The van der Waals surface area contributed by atoms with Crippen molar-refractivity contribution in [3.05, 3.63) is 68.4 Å². The molecule has 2 aromatic heterocycles. The number of hydrogen-bond acceptors (Lipinski definition) is 6. The van der Waals surface area contributed by atoms with Crippen molar-refractivity contribution in [2.45, 2.75) is 13.5 Å². The summed E-state index contributed by atoms with van der Waals surface area (Å²) >= 11 is 2.46. The van der Waals surface area contributed by atoms with Gasteiger partial charge in [-0.25, -0.2) is 0 Å². The van der Waals surface area contributed by atoms with Crippen LogP contribution < -0.4 is 5.32 Å². The number of carbonyl (C=O) groups is 2. The maximum atomic E-state index is 12.3. The van der Waals surface area contributed by atoms with E-state index in [1.165, 1.54) is 11.3 Å². The summed E-state index contributed by atoms with van der Waals surface area (Å²) in [5, 5.41) is 6.64. The highest BCUT2D eigenvalue weighted by atomic mass is 32.1. The first-order valence-corrected chi connectivity index (χ1v) is 8.50. The Labute approximate surface area is 141 Å². The summed E-state index contributed by atoms with van der Waals surface area (Å²) in [6, 6.07) is 12.8. The van der Waals surface area contributed by atoms with Gasteiger partial charge in [-0.2, -0.15) is 0 Å². The van der Waals surface area contributed by atoms with Gasteiger partial charge in [0.15, 0.2) is 0 Å². The van der Waals surface area contributed by atoms with Crippen molar-refractivity contribution in [1.82, 2.24) is 14.9 Å². The third-order valence-corrected chi connectivity index (χ3v) is 5.11. The zero-order valence-electron chi connectivity index (χ0n) is 12.3. The molecular weight excluding hydrogens is 330 g/mol. The molecule has 7 heteroatoms. The molecule has 0 aliphatic rings. The summed E-state index contributed by atoms with van der Waals surface area (Å²) in [6.07, 6.45) is 0. The van der Waals surface area contributed by atoms with Gasteiger partial charge in [0, 0.05) is 10.4 Å². The van der Waals surface area contributed by atoms with Crippen LogP contribution in [0.5, 0.6) is 0 Å². The number of rotatable bonds is 5. The topological polar surface area (TPSA) is 72.0 Å². The first kappa shape index (κ1) is 15.5. The van der Waals surface area contributed by atoms with Crippen LogP contribution in [0.2, 0.25) is 0 Å². The van der Waals surface area contributed by atoms with Crippen LogP contribution in [-0.4, -0.2) is 21.3 Å². The maximum Gasteiger partial charge on any atom is 0.265 e. The van der Waals surface area contributed by atoms with Crippen molar-refractivity contribution in [2.24, 2.45) is 0 Å². The van der Waals surface area contributed by atoms with Crippen LogP contribution in [0.15, 0.2) is 42.5 Å². The average molecular weight is 343 g/mol. The third kappa shape index (κ3) is 3.52. The fraction of sp³-hybridized carbons (Fsp3) is 0.125. The molecule has 0 spiro atoms. The van der Waals surface area contributed by atoms with Crippen LogP contribution in [-0.2, 0) is 6.54 Å². The number of carbonyl (C=O) groups excluding carboxylic acids is 2. The fourth-order valence-electron chi connectivity index (χ4n) is 2.01. The maximum absolute atomic E-state index is 12.3. The molecule has 3 aromatic rings. The molecule has 1 N–H and O–H groups in total. The standard InChI is InChI=1S/C16H13N3O2S2/c1-10-15(23-19-18-10)16(21)17-9-12-7-8-13(22-12)14(20)11-5-3-2-4-6-11/h2-8H,9H2,1H3,(H,17,21). The van der Waals surface area contributed by atoms with Gasteiger partial charge in [-0.3, -0.25) is 9.59 Å². The summed E-state index contributed by atoms with van der Waals surface area (Å²) in [5.74, 6) is -0.197. The van der Waals surface area contributed by atoms with E-state index in [4.69, 9.17) is 0 Å². The molecule has 23 heavy (non-hydrogen) atoms. The summed E-state index contributed by atoms with van der Waals surface area (Å²) in [4.78, 5) is 26.5.